The number of rotatable bonds is 6. The van der Waals surface area contributed by atoms with E-state index in [-0.39, 0.29) is 0 Å². The van der Waals surface area contributed by atoms with Crippen molar-refractivity contribution in [2.45, 2.75) is 13.3 Å². The molecule has 2 aromatic carbocycles. The lowest BCUT2D eigenvalue weighted by atomic mass is 9.92. The number of urea groups is 1. The molecular weight excluding hydrogens is 456 g/mol. The maximum Gasteiger partial charge on any atom is 0.332 e. The van der Waals surface area contributed by atoms with Crippen LogP contribution in [0.3, 0.4) is 0 Å². The number of imide groups is 2. The Labute approximate surface area is 202 Å². The van der Waals surface area contributed by atoms with Gasteiger partial charge in [-0.1, -0.05) is 23.7 Å². The van der Waals surface area contributed by atoms with E-state index < -0.39 is 23.8 Å². The summed E-state index contributed by atoms with van der Waals surface area (Å²) in [5.41, 5.74) is 4.01. The van der Waals surface area contributed by atoms with Crippen molar-refractivity contribution in [1.82, 2.24) is 14.8 Å². The highest BCUT2D eigenvalue weighted by molar-refractivity contribution is 6.32. The summed E-state index contributed by atoms with van der Waals surface area (Å²) in [4.78, 5) is 48.2. The maximum absolute atomic E-state index is 13.0. The molecule has 0 atom stereocenters. The SMILES string of the molecule is COc1ccc2[nH]c(C)c(CCN=C(c3ccc(Cl)cc3)C3C(=O)N(C)C(=O)N(C)C3=O)c2c1. The van der Waals surface area contributed by atoms with Crippen LogP contribution in [-0.4, -0.2) is 66.1 Å². The molecule has 1 aliphatic rings. The highest BCUT2D eigenvalue weighted by atomic mass is 35.5. The van der Waals surface area contributed by atoms with Crippen LogP contribution in [0.5, 0.6) is 5.75 Å². The lowest BCUT2D eigenvalue weighted by Gasteiger charge is -2.33. The first-order valence-corrected chi connectivity index (χ1v) is 11.1. The van der Waals surface area contributed by atoms with E-state index in [2.05, 4.69) is 4.98 Å². The lowest BCUT2D eigenvalue weighted by Crippen LogP contribution is -2.59. The number of carbonyl (C=O) groups excluding carboxylic acids is 3. The van der Waals surface area contributed by atoms with Crippen molar-refractivity contribution in [1.29, 1.82) is 0 Å². The fourth-order valence-corrected chi connectivity index (χ4v) is 4.34. The number of barbiturate groups is 1. The number of aryl methyl sites for hydroxylation is 1. The zero-order chi connectivity index (χ0) is 24.6. The average molecular weight is 481 g/mol. The largest absolute Gasteiger partial charge is 0.497 e. The number of halogens is 1. The van der Waals surface area contributed by atoms with Crippen molar-refractivity contribution in [3.05, 3.63) is 64.3 Å². The lowest BCUT2D eigenvalue weighted by molar-refractivity contribution is -0.144. The quantitative estimate of drug-likeness (QED) is 0.428. The second kappa shape index (κ2) is 9.30. The van der Waals surface area contributed by atoms with Crippen molar-refractivity contribution >= 4 is 46.1 Å². The molecule has 0 aliphatic carbocycles. The molecule has 2 heterocycles. The molecule has 4 rings (SSSR count). The summed E-state index contributed by atoms with van der Waals surface area (Å²) >= 11 is 6.05. The molecule has 3 aromatic rings. The van der Waals surface area contributed by atoms with Gasteiger partial charge in [0.25, 0.3) is 0 Å². The third kappa shape index (κ3) is 4.17. The van der Waals surface area contributed by atoms with Crippen LogP contribution in [0.15, 0.2) is 47.5 Å². The van der Waals surface area contributed by atoms with Crippen LogP contribution in [0.1, 0.15) is 16.8 Å². The van der Waals surface area contributed by atoms with Gasteiger partial charge in [-0.15, -0.1) is 0 Å². The number of aromatic amines is 1. The van der Waals surface area contributed by atoms with E-state index in [0.717, 1.165) is 37.7 Å². The Bertz CT molecular complexity index is 1290. The first-order chi connectivity index (χ1) is 16.2. The second-order valence-electron chi connectivity index (χ2n) is 8.17. The van der Waals surface area contributed by atoms with Crippen LogP contribution >= 0.6 is 11.6 Å². The summed E-state index contributed by atoms with van der Waals surface area (Å²) in [7, 11) is 4.35. The van der Waals surface area contributed by atoms with Gasteiger partial charge in [0.2, 0.25) is 11.8 Å². The van der Waals surface area contributed by atoms with Gasteiger partial charge in [0, 0.05) is 42.3 Å². The molecule has 1 aliphatic heterocycles. The summed E-state index contributed by atoms with van der Waals surface area (Å²) in [5, 5.41) is 1.56. The summed E-state index contributed by atoms with van der Waals surface area (Å²) in [6.07, 6.45) is 0.579. The van der Waals surface area contributed by atoms with E-state index in [4.69, 9.17) is 21.3 Å². The van der Waals surface area contributed by atoms with Crippen LogP contribution in [0.4, 0.5) is 4.79 Å². The number of fused-ring (bicyclic) bond motifs is 1. The molecular formula is C25H25ClN4O4. The van der Waals surface area contributed by atoms with Gasteiger partial charge >= 0.3 is 6.03 Å². The van der Waals surface area contributed by atoms with Gasteiger partial charge < -0.3 is 9.72 Å². The van der Waals surface area contributed by atoms with Crippen LogP contribution in [-0.2, 0) is 16.0 Å². The van der Waals surface area contributed by atoms with Crippen LogP contribution in [0.2, 0.25) is 5.02 Å². The minimum Gasteiger partial charge on any atom is -0.497 e. The van der Waals surface area contributed by atoms with Crippen molar-refractivity contribution in [2.24, 2.45) is 10.9 Å². The minimum absolute atomic E-state index is 0.313. The third-order valence-electron chi connectivity index (χ3n) is 6.11. The molecule has 1 fully saturated rings. The minimum atomic E-state index is -1.21. The number of aliphatic imine (C=N–C) groups is 1. The molecule has 1 aromatic heterocycles. The number of ether oxygens (including phenoxy) is 1. The smallest absolute Gasteiger partial charge is 0.332 e. The molecule has 0 saturated carbocycles. The Morgan fingerprint density at radius 1 is 1.06 bits per heavy atom. The molecule has 34 heavy (non-hydrogen) atoms. The Morgan fingerprint density at radius 3 is 2.32 bits per heavy atom. The van der Waals surface area contributed by atoms with Gasteiger partial charge in [0.1, 0.15) is 5.75 Å². The first-order valence-electron chi connectivity index (χ1n) is 10.8. The molecule has 0 spiro atoms. The van der Waals surface area contributed by atoms with E-state index in [1.54, 1.807) is 31.4 Å². The number of hydrogen-bond acceptors (Lipinski definition) is 5. The number of nitrogens with one attached hydrogen (secondary N) is 1. The molecule has 0 unspecified atom stereocenters. The predicted molar refractivity (Wildman–Crippen MR) is 131 cm³/mol. The highest BCUT2D eigenvalue weighted by Gasteiger charge is 2.45. The van der Waals surface area contributed by atoms with E-state index in [1.807, 2.05) is 25.1 Å². The first kappa shape index (κ1) is 23.5. The topological polar surface area (TPSA) is 95.1 Å². The van der Waals surface area contributed by atoms with Crippen LogP contribution in [0, 0.1) is 12.8 Å². The van der Waals surface area contributed by atoms with Crippen molar-refractivity contribution in [3.8, 4) is 5.75 Å². The molecule has 8 nitrogen and oxygen atoms in total. The molecule has 9 heteroatoms. The van der Waals surface area contributed by atoms with Gasteiger partial charge in [0.05, 0.1) is 12.8 Å². The normalized spacial score (nSPS) is 15.6. The fourth-order valence-electron chi connectivity index (χ4n) is 4.21. The fraction of sp³-hybridized carbons (Fsp3) is 0.280. The van der Waals surface area contributed by atoms with E-state index in [9.17, 15) is 14.4 Å². The molecule has 4 amide bonds. The van der Waals surface area contributed by atoms with E-state index in [0.29, 0.717) is 29.3 Å². The number of aromatic nitrogens is 1. The number of hydrogen-bond donors (Lipinski definition) is 1. The van der Waals surface area contributed by atoms with Gasteiger partial charge in [-0.3, -0.25) is 24.4 Å². The second-order valence-corrected chi connectivity index (χ2v) is 8.61. The molecule has 1 N–H and O–H groups in total. The van der Waals surface area contributed by atoms with Crippen molar-refractivity contribution in [2.75, 3.05) is 27.7 Å². The monoisotopic (exact) mass is 480 g/mol. The van der Waals surface area contributed by atoms with Crippen molar-refractivity contribution < 1.29 is 19.1 Å². The van der Waals surface area contributed by atoms with Crippen molar-refractivity contribution in [3.63, 3.8) is 0 Å². The summed E-state index contributed by atoms with van der Waals surface area (Å²) in [6, 6.07) is 12.0. The maximum atomic E-state index is 13.0. The van der Waals surface area contributed by atoms with Gasteiger partial charge in [-0.2, -0.15) is 0 Å². The summed E-state index contributed by atoms with van der Waals surface area (Å²) < 4.78 is 5.36. The predicted octanol–water partition coefficient (Wildman–Crippen LogP) is 3.84. The molecule has 0 bridgehead atoms. The van der Waals surface area contributed by atoms with Gasteiger partial charge in [0.15, 0.2) is 5.92 Å². The number of nitrogens with zero attached hydrogens (tertiary/aromatic N) is 3. The standard InChI is InChI=1S/C25H25ClN4O4/c1-14-18(19-13-17(34-4)9-10-20(19)28-14)11-12-27-22(15-5-7-16(26)8-6-15)21-23(31)29(2)25(33)30(3)24(21)32/h5-10,13,21,28H,11-12H2,1-4H3. The molecule has 1 saturated heterocycles. The van der Waals surface area contributed by atoms with Gasteiger partial charge in [-0.05, 0) is 54.8 Å². The Kier molecular flexibility index (Phi) is 6.43. The number of methoxy groups -OCH3 is 1. The molecule has 176 valence electrons. The van der Waals surface area contributed by atoms with E-state index in [1.165, 1.54) is 14.1 Å². The van der Waals surface area contributed by atoms with E-state index >= 15 is 0 Å². The van der Waals surface area contributed by atoms with Gasteiger partial charge in [-0.25, -0.2) is 4.79 Å². The average Bonchev–Trinajstić information content (AvgIpc) is 3.15. The Hall–Kier alpha value is -3.65. The number of benzene rings is 2. The zero-order valence-electron chi connectivity index (χ0n) is 19.4. The Balaban J connectivity index is 1.71. The summed E-state index contributed by atoms with van der Waals surface area (Å²) in [5.74, 6) is -1.66. The highest BCUT2D eigenvalue weighted by Crippen LogP contribution is 2.27. The van der Waals surface area contributed by atoms with Crippen LogP contribution < -0.4 is 4.74 Å². The number of H-pyrrole nitrogens is 1. The van der Waals surface area contributed by atoms with Crippen LogP contribution in [0.25, 0.3) is 10.9 Å². The number of amides is 4. The Morgan fingerprint density at radius 2 is 1.71 bits per heavy atom. The number of carbonyl (C=O) groups is 3. The summed E-state index contributed by atoms with van der Waals surface area (Å²) in [6.45, 7) is 2.33. The zero-order valence-corrected chi connectivity index (χ0v) is 20.1. The molecule has 0 radical (unpaired) electrons. The third-order valence-corrected chi connectivity index (χ3v) is 6.36.